The number of fused-ring (bicyclic) bond motifs is 1. The molecule has 0 aliphatic rings. The summed E-state index contributed by atoms with van der Waals surface area (Å²) in [6, 6.07) is 6.90. The highest BCUT2D eigenvalue weighted by atomic mass is 32.2. The second-order valence-electron chi connectivity index (χ2n) is 6.25. The van der Waals surface area contributed by atoms with Crippen LogP contribution in [0.2, 0.25) is 0 Å². The van der Waals surface area contributed by atoms with E-state index >= 15 is 0 Å². The molecular formula is C17H18F3N5O2S. The molecule has 1 aromatic carbocycles. The molecule has 0 saturated heterocycles. The lowest BCUT2D eigenvalue weighted by Gasteiger charge is -2.19. The average molecular weight is 413 g/mol. The Morgan fingerprint density at radius 1 is 1.25 bits per heavy atom. The van der Waals surface area contributed by atoms with E-state index in [1.807, 2.05) is 6.07 Å². The summed E-state index contributed by atoms with van der Waals surface area (Å²) < 4.78 is 67.5. The van der Waals surface area contributed by atoms with E-state index in [1.165, 1.54) is 11.9 Å². The summed E-state index contributed by atoms with van der Waals surface area (Å²) in [5.41, 5.74) is 0.185. The van der Waals surface area contributed by atoms with Gasteiger partial charge in [-0.1, -0.05) is 12.1 Å². The van der Waals surface area contributed by atoms with Crippen LogP contribution in [0, 0.1) is 0 Å². The number of aromatic nitrogens is 3. The number of rotatable bonds is 6. The van der Waals surface area contributed by atoms with Crippen LogP contribution < -0.4 is 9.62 Å². The first-order valence-electron chi connectivity index (χ1n) is 8.22. The third-order valence-corrected chi connectivity index (χ3v) is 5.44. The maximum atomic E-state index is 12.8. The van der Waals surface area contributed by atoms with Crippen molar-refractivity contribution >= 4 is 32.4 Å². The molecule has 150 valence electrons. The monoisotopic (exact) mass is 413 g/mol. The van der Waals surface area contributed by atoms with Gasteiger partial charge in [0.05, 0.1) is 28.7 Å². The van der Waals surface area contributed by atoms with Gasteiger partial charge >= 0.3 is 6.18 Å². The number of alkyl halides is 3. The Labute approximate surface area is 159 Å². The first kappa shape index (κ1) is 19.9. The number of nitrogens with one attached hydrogen (secondary N) is 1. The fraction of sp³-hybridized carbons (Fsp3) is 0.294. The van der Waals surface area contributed by atoms with Gasteiger partial charge in [-0.3, -0.25) is 9.40 Å². The van der Waals surface area contributed by atoms with Crippen LogP contribution in [0.25, 0.3) is 10.9 Å². The fourth-order valence-corrected chi connectivity index (χ4v) is 3.83. The van der Waals surface area contributed by atoms with Crippen LogP contribution in [-0.2, 0) is 23.2 Å². The maximum absolute atomic E-state index is 12.8. The highest BCUT2D eigenvalue weighted by molar-refractivity contribution is 7.92. The van der Waals surface area contributed by atoms with Gasteiger partial charge in [0.1, 0.15) is 5.82 Å². The molecule has 3 rings (SSSR count). The molecule has 0 atom stereocenters. The van der Waals surface area contributed by atoms with Crippen LogP contribution in [0.5, 0.6) is 0 Å². The molecule has 0 aliphatic heterocycles. The van der Waals surface area contributed by atoms with E-state index in [1.54, 1.807) is 30.1 Å². The summed E-state index contributed by atoms with van der Waals surface area (Å²) >= 11 is 0. The van der Waals surface area contributed by atoms with Crippen molar-refractivity contribution in [3.05, 3.63) is 48.3 Å². The number of hydrogen-bond donors (Lipinski definition) is 1. The standard InChI is InChI=1S/C17H18F3N5O2S/c1-24(15-10-13(6-7-21-15)17(18,19)20)8-9-28(26,27)23-14-5-3-4-12-11-22-25(2)16(12)14/h3-7,10-11,23H,8-9H2,1-2H3. The Hall–Kier alpha value is -2.82. The van der Waals surface area contributed by atoms with Crippen molar-refractivity contribution in [2.45, 2.75) is 6.18 Å². The number of benzene rings is 1. The molecule has 0 fully saturated rings. The first-order valence-corrected chi connectivity index (χ1v) is 9.88. The molecule has 0 bridgehead atoms. The minimum atomic E-state index is -4.49. The molecule has 2 aromatic heterocycles. The van der Waals surface area contributed by atoms with Crippen molar-refractivity contribution in [3.8, 4) is 0 Å². The van der Waals surface area contributed by atoms with Crippen molar-refractivity contribution in [3.63, 3.8) is 0 Å². The Morgan fingerprint density at radius 2 is 2.00 bits per heavy atom. The Bertz CT molecular complexity index is 1100. The zero-order valence-corrected chi connectivity index (χ0v) is 15.9. The van der Waals surface area contributed by atoms with Crippen LogP contribution in [0.3, 0.4) is 0 Å². The van der Waals surface area contributed by atoms with Crippen molar-refractivity contribution in [1.82, 2.24) is 14.8 Å². The van der Waals surface area contributed by atoms with Gasteiger partial charge in [0, 0.05) is 32.2 Å². The second-order valence-corrected chi connectivity index (χ2v) is 8.10. The fourth-order valence-electron chi connectivity index (χ4n) is 2.71. The SMILES string of the molecule is CN(CCS(=O)(=O)Nc1cccc2cnn(C)c12)c1cc(C(F)(F)F)ccn1. The number of aryl methyl sites for hydroxylation is 1. The van der Waals surface area contributed by atoms with Gasteiger partial charge in [0.15, 0.2) is 0 Å². The predicted octanol–water partition coefficient (Wildman–Crippen LogP) is 2.87. The van der Waals surface area contributed by atoms with Gasteiger partial charge in [-0.05, 0) is 18.2 Å². The molecule has 0 unspecified atom stereocenters. The Morgan fingerprint density at radius 3 is 2.71 bits per heavy atom. The van der Waals surface area contributed by atoms with Crippen molar-refractivity contribution in [2.75, 3.05) is 29.0 Å². The highest BCUT2D eigenvalue weighted by Gasteiger charge is 2.31. The van der Waals surface area contributed by atoms with E-state index in [-0.39, 0.29) is 18.1 Å². The average Bonchev–Trinajstić information content (AvgIpc) is 3.01. The number of para-hydroxylation sites is 1. The normalized spacial score (nSPS) is 12.3. The maximum Gasteiger partial charge on any atom is 0.416 e. The first-order chi connectivity index (χ1) is 13.1. The summed E-state index contributed by atoms with van der Waals surface area (Å²) in [5.74, 6) is -0.283. The van der Waals surface area contributed by atoms with Crippen LogP contribution >= 0.6 is 0 Å². The van der Waals surface area contributed by atoms with E-state index < -0.39 is 21.8 Å². The minimum absolute atomic E-state index is 0.0367. The number of nitrogens with zero attached hydrogens (tertiary/aromatic N) is 4. The van der Waals surface area contributed by atoms with Crippen molar-refractivity contribution < 1.29 is 21.6 Å². The van der Waals surface area contributed by atoms with E-state index in [4.69, 9.17) is 0 Å². The lowest BCUT2D eigenvalue weighted by molar-refractivity contribution is -0.137. The third-order valence-electron chi connectivity index (χ3n) is 4.19. The minimum Gasteiger partial charge on any atom is -0.359 e. The number of sulfonamides is 1. The van der Waals surface area contributed by atoms with E-state index in [0.717, 1.165) is 23.7 Å². The van der Waals surface area contributed by atoms with Crippen LogP contribution in [0.1, 0.15) is 5.56 Å². The molecule has 0 amide bonds. The lowest BCUT2D eigenvalue weighted by atomic mass is 10.2. The van der Waals surface area contributed by atoms with Gasteiger partial charge in [-0.15, -0.1) is 0 Å². The van der Waals surface area contributed by atoms with Gasteiger partial charge in [-0.2, -0.15) is 18.3 Å². The number of anilines is 2. The summed E-state index contributed by atoms with van der Waals surface area (Å²) in [5, 5.41) is 4.89. The summed E-state index contributed by atoms with van der Waals surface area (Å²) in [7, 11) is -0.558. The highest BCUT2D eigenvalue weighted by Crippen LogP contribution is 2.30. The molecule has 11 heteroatoms. The molecule has 1 N–H and O–H groups in total. The largest absolute Gasteiger partial charge is 0.416 e. The van der Waals surface area contributed by atoms with Crippen LogP contribution in [0.4, 0.5) is 24.7 Å². The number of pyridine rings is 1. The van der Waals surface area contributed by atoms with Crippen LogP contribution in [-0.4, -0.2) is 42.5 Å². The molecule has 2 heterocycles. The van der Waals surface area contributed by atoms with Crippen molar-refractivity contribution in [2.24, 2.45) is 7.05 Å². The number of hydrogen-bond acceptors (Lipinski definition) is 5. The molecule has 7 nitrogen and oxygen atoms in total. The van der Waals surface area contributed by atoms with Crippen LogP contribution in [0.15, 0.2) is 42.7 Å². The molecule has 0 saturated carbocycles. The van der Waals surface area contributed by atoms with E-state index in [9.17, 15) is 21.6 Å². The topological polar surface area (TPSA) is 80.1 Å². The quantitative estimate of drug-likeness (QED) is 0.672. The van der Waals surface area contributed by atoms with Gasteiger partial charge in [-0.25, -0.2) is 13.4 Å². The number of halogens is 3. The van der Waals surface area contributed by atoms with Gasteiger partial charge in [0.25, 0.3) is 0 Å². The zero-order chi connectivity index (χ0) is 20.5. The molecule has 0 aliphatic carbocycles. The summed E-state index contributed by atoms with van der Waals surface area (Å²) in [4.78, 5) is 5.24. The molecule has 0 radical (unpaired) electrons. The van der Waals surface area contributed by atoms with E-state index in [0.29, 0.717) is 11.2 Å². The summed E-state index contributed by atoms with van der Waals surface area (Å²) in [6.07, 6.45) is -1.82. The van der Waals surface area contributed by atoms with E-state index in [2.05, 4.69) is 14.8 Å². The summed E-state index contributed by atoms with van der Waals surface area (Å²) in [6.45, 7) is -0.0367. The molecule has 0 spiro atoms. The Balaban J connectivity index is 1.72. The second kappa shape index (κ2) is 7.30. The third kappa shape index (κ3) is 4.35. The molecule has 28 heavy (non-hydrogen) atoms. The van der Waals surface area contributed by atoms with Gasteiger partial charge in [0.2, 0.25) is 10.0 Å². The predicted molar refractivity (Wildman–Crippen MR) is 101 cm³/mol. The smallest absolute Gasteiger partial charge is 0.359 e. The van der Waals surface area contributed by atoms with Gasteiger partial charge < -0.3 is 4.90 Å². The van der Waals surface area contributed by atoms with Crippen molar-refractivity contribution in [1.29, 1.82) is 0 Å². The Kier molecular flexibility index (Phi) is 5.20. The lowest BCUT2D eigenvalue weighted by Crippen LogP contribution is -2.29. The molecule has 3 aromatic rings. The molecular weight excluding hydrogens is 395 g/mol. The zero-order valence-electron chi connectivity index (χ0n) is 15.1.